The minimum absolute atomic E-state index is 1.17. The predicted molar refractivity (Wildman–Crippen MR) is 161 cm³/mol. The van der Waals surface area contributed by atoms with Gasteiger partial charge in [0.05, 0.1) is 16.6 Å². The summed E-state index contributed by atoms with van der Waals surface area (Å²) in [5.41, 5.74) is 8.48. The van der Waals surface area contributed by atoms with Crippen molar-refractivity contribution < 1.29 is 0 Å². The Hall–Kier alpha value is -5.08. The van der Waals surface area contributed by atoms with Gasteiger partial charge in [0.15, 0.2) is 0 Å². The van der Waals surface area contributed by atoms with Crippen LogP contribution in [0, 0.1) is 0 Å². The van der Waals surface area contributed by atoms with Crippen molar-refractivity contribution in [3.05, 3.63) is 146 Å². The molecule has 2 nitrogen and oxygen atoms in total. The van der Waals surface area contributed by atoms with Crippen molar-refractivity contribution in [1.29, 1.82) is 0 Å². The van der Waals surface area contributed by atoms with Gasteiger partial charge in [-0.25, -0.2) is 0 Å². The van der Waals surface area contributed by atoms with Crippen LogP contribution in [-0.2, 0) is 0 Å². The van der Waals surface area contributed by atoms with Crippen molar-refractivity contribution in [3.8, 4) is 22.5 Å². The molecule has 0 bridgehead atoms. The largest absolute Gasteiger partial charge is 0.317 e. The lowest BCUT2D eigenvalue weighted by molar-refractivity contribution is 1.13. The SMILES string of the molecule is c1ccc(-c2cccc(-n3c4ccccc4c4cc5cc6c(ccn6-c6ccccc6)cc5cc43)c2)cc1. The smallest absolute Gasteiger partial charge is 0.0547 e. The highest BCUT2D eigenvalue weighted by Gasteiger charge is 2.15. The summed E-state index contributed by atoms with van der Waals surface area (Å²) in [4.78, 5) is 0. The van der Waals surface area contributed by atoms with Crippen LogP contribution >= 0.6 is 0 Å². The number of fused-ring (bicyclic) bond motifs is 5. The molecule has 0 spiro atoms. The summed E-state index contributed by atoms with van der Waals surface area (Å²) >= 11 is 0. The fourth-order valence-electron chi connectivity index (χ4n) is 5.89. The monoisotopic (exact) mass is 484 g/mol. The summed E-state index contributed by atoms with van der Waals surface area (Å²) in [5.74, 6) is 0. The normalized spacial score (nSPS) is 11.7. The average molecular weight is 485 g/mol. The second-order valence-corrected chi connectivity index (χ2v) is 9.92. The number of benzene rings is 6. The maximum atomic E-state index is 2.41. The van der Waals surface area contributed by atoms with E-state index in [1.54, 1.807) is 0 Å². The van der Waals surface area contributed by atoms with Gasteiger partial charge in [-0.15, -0.1) is 0 Å². The second kappa shape index (κ2) is 8.22. The van der Waals surface area contributed by atoms with Gasteiger partial charge in [0, 0.05) is 33.7 Å². The Morgan fingerprint density at radius 2 is 1.05 bits per heavy atom. The molecule has 0 amide bonds. The van der Waals surface area contributed by atoms with Gasteiger partial charge >= 0.3 is 0 Å². The van der Waals surface area contributed by atoms with Gasteiger partial charge < -0.3 is 9.13 Å². The van der Waals surface area contributed by atoms with Crippen molar-refractivity contribution in [2.75, 3.05) is 0 Å². The van der Waals surface area contributed by atoms with E-state index in [2.05, 4.69) is 155 Å². The molecule has 0 saturated heterocycles. The lowest BCUT2D eigenvalue weighted by atomic mass is 10.0. The first-order valence-electron chi connectivity index (χ1n) is 13.0. The average Bonchev–Trinajstić information content (AvgIpc) is 3.54. The third-order valence-electron chi connectivity index (χ3n) is 7.68. The second-order valence-electron chi connectivity index (χ2n) is 9.92. The van der Waals surface area contributed by atoms with E-state index in [9.17, 15) is 0 Å². The number of para-hydroxylation sites is 2. The Bertz CT molecular complexity index is 2110. The highest BCUT2D eigenvalue weighted by atomic mass is 15.0. The van der Waals surface area contributed by atoms with Crippen molar-refractivity contribution in [2.24, 2.45) is 0 Å². The molecular formula is C36H24N2. The lowest BCUT2D eigenvalue weighted by Gasteiger charge is -2.11. The summed E-state index contributed by atoms with van der Waals surface area (Å²) in [7, 11) is 0. The molecule has 2 heteroatoms. The zero-order valence-electron chi connectivity index (χ0n) is 20.8. The van der Waals surface area contributed by atoms with Gasteiger partial charge in [0.25, 0.3) is 0 Å². The van der Waals surface area contributed by atoms with E-state index in [-0.39, 0.29) is 0 Å². The van der Waals surface area contributed by atoms with Gasteiger partial charge in [-0.05, 0) is 82.6 Å². The van der Waals surface area contributed by atoms with Crippen molar-refractivity contribution in [1.82, 2.24) is 9.13 Å². The van der Waals surface area contributed by atoms with Crippen molar-refractivity contribution in [3.63, 3.8) is 0 Å². The number of aromatic nitrogens is 2. The lowest BCUT2D eigenvalue weighted by Crippen LogP contribution is -1.94. The molecule has 0 saturated carbocycles. The molecule has 0 aliphatic heterocycles. The molecule has 8 aromatic rings. The molecule has 0 radical (unpaired) electrons. The van der Waals surface area contributed by atoms with Crippen LogP contribution in [0.2, 0.25) is 0 Å². The van der Waals surface area contributed by atoms with E-state index in [0.29, 0.717) is 0 Å². The van der Waals surface area contributed by atoms with Gasteiger partial charge in [-0.2, -0.15) is 0 Å². The first kappa shape index (κ1) is 21.0. The fourth-order valence-corrected chi connectivity index (χ4v) is 5.89. The first-order valence-corrected chi connectivity index (χ1v) is 13.0. The van der Waals surface area contributed by atoms with Crippen LogP contribution in [0.3, 0.4) is 0 Å². The van der Waals surface area contributed by atoms with Crippen molar-refractivity contribution in [2.45, 2.75) is 0 Å². The standard InChI is InChI=1S/C36H24N2/c1-3-10-25(11-4-1)26-12-9-15-31(21-26)38-34-17-8-7-16-32(34)33-22-29-23-35-27(20-28(29)24-36(33)38)18-19-37(35)30-13-5-2-6-14-30/h1-24H. The molecule has 38 heavy (non-hydrogen) atoms. The van der Waals surface area contributed by atoms with Crippen LogP contribution < -0.4 is 0 Å². The third kappa shape index (κ3) is 3.21. The van der Waals surface area contributed by atoms with Gasteiger partial charge in [-0.3, -0.25) is 0 Å². The molecular weight excluding hydrogens is 460 g/mol. The zero-order valence-corrected chi connectivity index (χ0v) is 20.8. The number of nitrogens with zero attached hydrogens (tertiary/aromatic N) is 2. The van der Waals surface area contributed by atoms with Crippen molar-refractivity contribution >= 4 is 43.5 Å². The maximum absolute atomic E-state index is 2.41. The highest BCUT2D eigenvalue weighted by Crippen LogP contribution is 2.37. The van der Waals surface area contributed by atoms with Crippen LogP contribution in [0.4, 0.5) is 0 Å². The molecule has 2 heterocycles. The number of rotatable bonds is 3. The summed E-state index contributed by atoms with van der Waals surface area (Å²) in [6.07, 6.45) is 2.17. The molecule has 0 unspecified atom stereocenters. The Morgan fingerprint density at radius 1 is 0.368 bits per heavy atom. The highest BCUT2D eigenvalue weighted by molar-refractivity contribution is 6.15. The molecule has 0 fully saturated rings. The Kier molecular flexibility index (Phi) is 4.55. The quantitative estimate of drug-likeness (QED) is 0.236. The minimum atomic E-state index is 1.17. The molecule has 178 valence electrons. The maximum Gasteiger partial charge on any atom is 0.0547 e. The Balaban J connectivity index is 1.39. The molecule has 0 aliphatic carbocycles. The number of hydrogen-bond acceptors (Lipinski definition) is 0. The fraction of sp³-hybridized carbons (Fsp3) is 0. The molecule has 6 aromatic carbocycles. The predicted octanol–water partition coefficient (Wildman–Crippen LogP) is 9.55. The van der Waals surface area contributed by atoms with E-state index in [1.165, 1.54) is 66.0 Å². The van der Waals surface area contributed by atoms with Crippen LogP contribution in [0.15, 0.2) is 146 Å². The summed E-state index contributed by atoms with van der Waals surface area (Å²) < 4.78 is 4.69. The Labute approximate surface area is 220 Å². The third-order valence-corrected chi connectivity index (χ3v) is 7.68. The van der Waals surface area contributed by atoms with Crippen LogP contribution in [0.5, 0.6) is 0 Å². The zero-order chi connectivity index (χ0) is 25.1. The summed E-state index contributed by atoms with van der Waals surface area (Å²) in [6, 6.07) is 50.4. The van der Waals surface area contributed by atoms with Crippen LogP contribution in [0.25, 0.3) is 66.0 Å². The van der Waals surface area contributed by atoms with E-state index < -0.39 is 0 Å². The van der Waals surface area contributed by atoms with Crippen LogP contribution in [-0.4, -0.2) is 9.13 Å². The molecule has 0 N–H and O–H groups in total. The van der Waals surface area contributed by atoms with E-state index in [0.717, 1.165) is 0 Å². The van der Waals surface area contributed by atoms with E-state index >= 15 is 0 Å². The summed E-state index contributed by atoms with van der Waals surface area (Å²) in [6.45, 7) is 0. The minimum Gasteiger partial charge on any atom is -0.317 e. The van der Waals surface area contributed by atoms with Gasteiger partial charge in [-0.1, -0.05) is 78.9 Å². The van der Waals surface area contributed by atoms with Gasteiger partial charge in [0.1, 0.15) is 0 Å². The first-order chi connectivity index (χ1) is 18.8. The van der Waals surface area contributed by atoms with Crippen LogP contribution in [0.1, 0.15) is 0 Å². The van der Waals surface area contributed by atoms with E-state index in [1.807, 2.05) is 0 Å². The Morgan fingerprint density at radius 3 is 1.92 bits per heavy atom. The molecule has 8 rings (SSSR count). The number of hydrogen-bond donors (Lipinski definition) is 0. The molecule has 0 atom stereocenters. The van der Waals surface area contributed by atoms with Gasteiger partial charge in [0.2, 0.25) is 0 Å². The molecule has 2 aromatic heterocycles. The van der Waals surface area contributed by atoms with E-state index in [4.69, 9.17) is 0 Å². The topological polar surface area (TPSA) is 9.86 Å². The molecule has 0 aliphatic rings. The summed E-state index contributed by atoms with van der Waals surface area (Å²) in [5, 5.41) is 6.29.